The number of hydrogen-bond acceptors (Lipinski definition) is 4. The lowest BCUT2D eigenvalue weighted by atomic mass is 10.2. The normalized spacial score (nSPS) is 11.2. The predicted octanol–water partition coefficient (Wildman–Crippen LogP) is 3.88. The highest BCUT2D eigenvalue weighted by Gasteiger charge is 2.27. The molecule has 2 aromatic carbocycles. The molecule has 26 heavy (non-hydrogen) atoms. The Hall–Kier alpha value is -3.41. The molecule has 0 fully saturated rings. The van der Waals surface area contributed by atoms with Crippen molar-refractivity contribution in [1.29, 1.82) is 0 Å². The van der Waals surface area contributed by atoms with E-state index in [0.717, 1.165) is 16.6 Å². The maximum atomic E-state index is 11.9. The van der Waals surface area contributed by atoms with E-state index in [4.69, 9.17) is 19.6 Å². The van der Waals surface area contributed by atoms with E-state index in [0.29, 0.717) is 29.2 Å². The zero-order valence-electron chi connectivity index (χ0n) is 14.5. The van der Waals surface area contributed by atoms with Gasteiger partial charge in [0.2, 0.25) is 5.76 Å². The van der Waals surface area contributed by atoms with E-state index in [2.05, 4.69) is 0 Å². The first kappa shape index (κ1) is 16.1. The molecule has 4 aromatic rings. The summed E-state index contributed by atoms with van der Waals surface area (Å²) in [5, 5.41) is 0.816. The van der Waals surface area contributed by atoms with E-state index >= 15 is 0 Å². The van der Waals surface area contributed by atoms with Gasteiger partial charge in [-0.3, -0.25) is 4.79 Å². The number of amides is 1. The maximum absolute atomic E-state index is 11.9. The Morgan fingerprint density at radius 1 is 1.19 bits per heavy atom. The average molecular weight is 350 g/mol. The average Bonchev–Trinajstić information content (AvgIpc) is 3.17. The SMILES string of the molecule is CCOc1c(C(N)=O)oc2c3cc(OC)ccc3n(-c3ccccc3)c12. The number of carbonyl (C=O) groups is 1. The second kappa shape index (κ2) is 6.15. The number of methoxy groups -OCH3 is 1. The summed E-state index contributed by atoms with van der Waals surface area (Å²) in [4.78, 5) is 11.9. The summed E-state index contributed by atoms with van der Waals surface area (Å²) in [5.74, 6) is 0.403. The highest BCUT2D eigenvalue weighted by Crippen LogP contribution is 2.42. The second-order valence-electron chi connectivity index (χ2n) is 5.79. The second-order valence-corrected chi connectivity index (χ2v) is 5.79. The van der Waals surface area contributed by atoms with Gasteiger partial charge in [-0.25, -0.2) is 0 Å². The lowest BCUT2D eigenvalue weighted by molar-refractivity contribution is 0.0971. The molecule has 0 aliphatic carbocycles. The minimum atomic E-state index is -0.666. The van der Waals surface area contributed by atoms with Crippen LogP contribution in [-0.2, 0) is 0 Å². The quantitative estimate of drug-likeness (QED) is 0.592. The van der Waals surface area contributed by atoms with Crippen molar-refractivity contribution in [2.24, 2.45) is 5.73 Å². The van der Waals surface area contributed by atoms with Crippen LogP contribution in [0.25, 0.3) is 27.7 Å². The number of furan rings is 1. The summed E-state index contributed by atoms with van der Waals surface area (Å²) in [7, 11) is 1.61. The molecule has 0 saturated heterocycles. The van der Waals surface area contributed by atoms with Crippen molar-refractivity contribution in [2.45, 2.75) is 6.92 Å². The summed E-state index contributed by atoms with van der Waals surface area (Å²) in [6.07, 6.45) is 0. The molecule has 0 radical (unpaired) electrons. The fourth-order valence-corrected chi connectivity index (χ4v) is 3.22. The fraction of sp³-hybridized carbons (Fsp3) is 0.150. The molecule has 0 bridgehead atoms. The molecule has 132 valence electrons. The molecular formula is C20H18N2O4. The highest BCUT2D eigenvalue weighted by molar-refractivity contribution is 6.12. The zero-order chi connectivity index (χ0) is 18.3. The van der Waals surface area contributed by atoms with Crippen LogP contribution in [0.5, 0.6) is 11.5 Å². The number of nitrogens with zero attached hydrogens (tertiary/aromatic N) is 1. The first-order valence-electron chi connectivity index (χ1n) is 8.28. The number of aromatic nitrogens is 1. The van der Waals surface area contributed by atoms with Crippen LogP contribution in [0.4, 0.5) is 0 Å². The number of benzene rings is 2. The van der Waals surface area contributed by atoms with Gasteiger partial charge in [-0.05, 0) is 37.3 Å². The van der Waals surface area contributed by atoms with Crippen molar-refractivity contribution < 1.29 is 18.7 Å². The number of fused-ring (bicyclic) bond motifs is 3. The Kier molecular flexibility index (Phi) is 3.80. The Morgan fingerprint density at radius 2 is 1.96 bits per heavy atom. The van der Waals surface area contributed by atoms with Crippen molar-refractivity contribution in [3.05, 3.63) is 54.3 Å². The number of ether oxygens (including phenoxy) is 2. The summed E-state index contributed by atoms with van der Waals surface area (Å²) < 4.78 is 19.0. The zero-order valence-corrected chi connectivity index (χ0v) is 14.5. The standard InChI is InChI=1S/C20H18N2O4/c1-3-25-18-16-17(26-19(18)20(21)23)14-11-13(24-2)9-10-15(14)22(16)12-7-5-4-6-8-12/h4-11H,3H2,1-2H3,(H2,21,23). The Morgan fingerprint density at radius 3 is 2.62 bits per heavy atom. The van der Waals surface area contributed by atoms with Gasteiger partial charge in [0.05, 0.1) is 19.2 Å². The van der Waals surface area contributed by atoms with Gasteiger partial charge in [0.1, 0.15) is 11.3 Å². The van der Waals surface area contributed by atoms with E-state index in [1.54, 1.807) is 7.11 Å². The third kappa shape index (κ3) is 2.30. The van der Waals surface area contributed by atoms with Crippen LogP contribution in [-0.4, -0.2) is 24.2 Å². The first-order valence-corrected chi connectivity index (χ1v) is 8.28. The minimum absolute atomic E-state index is 0.0197. The fourth-order valence-electron chi connectivity index (χ4n) is 3.22. The molecule has 2 heterocycles. The van der Waals surface area contributed by atoms with E-state index in [1.165, 1.54) is 0 Å². The molecule has 2 N–H and O–H groups in total. The van der Waals surface area contributed by atoms with Gasteiger partial charge >= 0.3 is 0 Å². The molecule has 2 aromatic heterocycles. The van der Waals surface area contributed by atoms with Crippen LogP contribution in [0.15, 0.2) is 52.9 Å². The highest BCUT2D eigenvalue weighted by atomic mass is 16.5. The van der Waals surface area contributed by atoms with E-state index in [1.807, 2.05) is 60.0 Å². The summed E-state index contributed by atoms with van der Waals surface area (Å²) >= 11 is 0. The first-order chi connectivity index (χ1) is 12.7. The summed E-state index contributed by atoms with van der Waals surface area (Å²) in [6, 6.07) is 15.5. The van der Waals surface area contributed by atoms with Crippen LogP contribution in [0.3, 0.4) is 0 Å². The van der Waals surface area contributed by atoms with Crippen LogP contribution in [0.2, 0.25) is 0 Å². The molecule has 6 heteroatoms. The van der Waals surface area contributed by atoms with Gasteiger partial charge < -0.3 is 24.2 Å². The molecule has 0 saturated carbocycles. The Bertz CT molecular complexity index is 1110. The van der Waals surface area contributed by atoms with Crippen LogP contribution in [0.1, 0.15) is 17.5 Å². The smallest absolute Gasteiger partial charge is 0.288 e. The van der Waals surface area contributed by atoms with Gasteiger partial charge in [0.15, 0.2) is 11.3 Å². The van der Waals surface area contributed by atoms with E-state index < -0.39 is 5.91 Å². The van der Waals surface area contributed by atoms with Gasteiger partial charge in [0, 0.05) is 11.1 Å². The molecule has 1 amide bonds. The van der Waals surface area contributed by atoms with Crippen molar-refractivity contribution in [2.75, 3.05) is 13.7 Å². The number of hydrogen-bond donors (Lipinski definition) is 1. The number of rotatable bonds is 5. The van der Waals surface area contributed by atoms with Gasteiger partial charge in [-0.1, -0.05) is 18.2 Å². The molecule has 0 spiro atoms. The van der Waals surface area contributed by atoms with Gasteiger partial charge in [-0.15, -0.1) is 0 Å². The van der Waals surface area contributed by atoms with Gasteiger partial charge in [0.25, 0.3) is 5.91 Å². The van der Waals surface area contributed by atoms with E-state index in [9.17, 15) is 4.79 Å². The molecule has 0 atom stereocenters. The number of primary amides is 1. The lowest BCUT2D eigenvalue weighted by Crippen LogP contribution is -2.12. The van der Waals surface area contributed by atoms with Crippen LogP contribution in [0, 0.1) is 0 Å². The van der Waals surface area contributed by atoms with Crippen LogP contribution >= 0.6 is 0 Å². The predicted molar refractivity (Wildman–Crippen MR) is 99.3 cm³/mol. The number of para-hydroxylation sites is 1. The van der Waals surface area contributed by atoms with Crippen molar-refractivity contribution in [1.82, 2.24) is 4.57 Å². The largest absolute Gasteiger partial charge is 0.497 e. The summed E-state index contributed by atoms with van der Waals surface area (Å²) in [6.45, 7) is 2.23. The van der Waals surface area contributed by atoms with Gasteiger partial charge in [-0.2, -0.15) is 0 Å². The lowest BCUT2D eigenvalue weighted by Gasteiger charge is -2.09. The summed E-state index contributed by atoms with van der Waals surface area (Å²) in [5.41, 5.74) is 8.57. The molecule has 0 aliphatic rings. The Balaban J connectivity index is 2.19. The number of carbonyl (C=O) groups excluding carboxylic acids is 1. The Labute approximate surface area is 149 Å². The minimum Gasteiger partial charge on any atom is -0.497 e. The van der Waals surface area contributed by atoms with Crippen molar-refractivity contribution >= 4 is 27.9 Å². The molecular weight excluding hydrogens is 332 g/mol. The maximum Gasteiger partial charge on any atom is 0.288 e. The molecule has 0 aliphatic heterocycles. The van der Waals surface area contributed by atoms with Crippen molar-refractivity contribution in [3.63, 3.8) is 0 Å². The molecule has 4 rings (SSSR count). The van der Waals surface area contributed by atoms with E-state index in [-0.39, 0.29) is 5.76 Å². The van der Waals surface area contributed by atoms with Crippen LogP contribution < -0.4 is 15.2 Å². The molecule has 0 unspecified atom stereocenters. The topological polar surface area (TPSA) is 79.6 Å². The third-order valence-electron chi connectivity index (χ3n) is 4.28. The molecule has 6 nitrogen and oxygen atoms in total. The third-order valence-corrected chi connectivity index (χ3v) is 4.28. The number of nitrogens with two attached hydrogens (primary N) is 1. The monoisotopic (exact) mass is 350 g/mol. The van der Waals surface area contributed by atoms with Crippen molar-refractivity contribution in [3.8, 4) is 17.2 Å².